The van der Waals surface area contributed by atoms with Gasteiger partial charge in [-0.3, -0.25) is 4.79 Å². The molecule has 104 valence electrons. The average Bonchev–Trinajstić information content (AvgIpc) is 2.70. The first-order valence-corrected chi connectivity index (χ1v) is 8.06. The van der Waals surface area contributed by atoms with Crippen LogP contribution in [0.15, 0.2) is 12.3 Å². The Morgan fingerprint density at radius 1 is 1.53 bits per heavy atom. The predicted molar refractivity (Wildman–Crippen MR) is 70.5 cm³/mol. The molecule has 0 aliphatic carbocycles. The molecular formula is C12H17N3O3S. The van der Waals surface area contributed by atoms with E-state index >= 15 is 0 Å². The Morgan fingerprint density at radius 2 is 2.26 bits per heavy atom. The Balaban J connectivity index is 2.21. The summed E-state index contributed by atoms with van der Waals surface area (Å²) < 4.78 is 23.0. The molecule has 7 heteroatoms. The van der Waals surface area contributed by atoms with Crippen molar-refractivity contribution in [2.24, 2.45) is 0 Å². The van der Waals surface area contributed by atoms with E-state index in [0.29, 0.717) is 24.5 Å². The number of amides is 1. The van der Waals surface area contributed by atoms with Gasteiger partial charge in [-0.05, 0) is 26.3 Å². The Labute approximate surface area is 112 Å². The molecule has 0 aromatic carbocycles. The van der Waals surface area contributed by atoms with Gasteiger partial charge < -0.3 is 4.90 Å². The van der Waals surface area contributed by atoms with Gasteiger partial charge in [0.05, 0.1) is 11.5 Å². The molecule has 0 saturated carbocycles. The number of nitrogens with zero attached hydrogens (tertiary/aromatic N) is 3. The van der Waals surface area contributed by atoms with E-state index < -0.39 is 9.84 Å². The molecule has 0 N–H and O–H groups in total. The molecule has 1 aliphatic rings. The van der Waals surface area contributed by atoms with Gasteiger partial charge in [-0.15, -0.1) is 0 Å². The molecule has 1 aromatic rings. The van der Waals surface area contributed by atoms with E-state index in [0.717, 1.165) is 0 Å². The molecule has 1 fully saturated rings. The minimum Gasteiger partial charge on any atom is -0.334 e. The fourth-order valence-electron chi connectivity index (χ4n) is 2.31. The second kappa shape index (κ2) is 5.24. The lowest BCUT2D eigenvalue weighted by molar-refractivity contribution is 0.0702. The highest BCUT2D eigenvalue weighted by Gasteiger charge is 2.34. The summed E-state index contributed by atoms with van der Waals surface area (Å²) in [5.74, 6) is 0.511. The number of carbonyl (C=O) groups excluding carboxylic acids is 1. The van der Waals surface area contributed by atoms with E-state index in [4.69, 9.17) is 0 Å². The molecular weight excluding hydrogens is 266 g/mol. The van der Waals surface area contributed by atoms with Crippen LogP contribution in [-0.2, 0) is 9.84 Å². The topological polar surface area (TPSA) is 80.2 Å². The lowest BCUT2D eigenvalue weighted by Crippen LogP contribution is -2.41. The van der Waals surface area contributed by atoms with E-state index in [1.807, 2.05) is 6.92 Å². The Kier molecular flexibility index (Phi) is 3.84. The average molecular weight is 283 g/mol. The van der Waals surface area contributed by atoms with Gasteiger partial charge in [0.2, 0.25) is 0 Å². The Morgan fingerprint density at radius 3 is 2.79 bits per heavy atom. The quantitative estimate of drug-likeness (QED) is 0.804. The summed E-state index contributed by atoms with van der Waals surface area (Å²) in [4.78, 5) is 22.0. The van der Waals surface area contributed by atoms with Crippen LogP contribution in [0.5, 0.6) is 0 Å². The molecule has 6 nitrogen and oxygen atoms in total. The maximum absolute atomic E-state index is 12.4. The lowest BCUT2D eigenvalue weighted by atomic mass is 10.2. The van der Waals surface area contributed by atoms with Crippen molar-refractivity contribution in [3.8, 4) is 0 Å². The number of sulfone groups is 1. The standard InChI is InChI=1S/C12H17N3O3S/c1-3-15(10-5-7-19(17,18)8-10)12(16)11-4-6-13-9(2)14-11/h4,6,10H,3,5,7-8H2,1-2H3. The monoisotopic (exact) mass is 283 g/mol. The zero-order valence-electron chi connectivity index (χ0n) is 11.0. The van der Waals surface area contributed by atoms with E-state index in [2.05, 4.69) is 9.97 Å². The zero-order valence-corrected chi connectivity index (χ0v) is 11.9. The van der Waals surface area contributed by atoms with E-state index in [1.54, 1.807) is 17.9 Å². The van der Waals surface area contributed by atoms with Gasteiger partial charge in [0.25, 0.3) is 5.91 Å². The number of rotatable bonds is 3. The fraction of sp³-hybridized carbons (Fsp3) is 0.583. The van der Waals surface area contributed by atoms with E-state index in [9.17, 15) is 13.2 Å². The van der Waals surface area contributed by atoms with Crippen molar-refractivity contribution in [2.75, 3.05) is 18.1 Å². The van der Waals surface area contributed by atoms with Crippen molar-refractivity contribution in [1.82, 2.24) is 14.9 Å². The SMILES string of the molecule is CCN(C(=O)c1ccnc(C)n1)C1CCS(=O)(=O)C1. The third kappa shape index (κ3) is 3.09. The summed E-state index contributed by atoms with van der Waals surface area (Å²) in [7, 11) is -3.00. The lowest BCUT2D eigenvalue weighted by Gasteiger charge is -2.26. The van der Waals surface area contributed by atoms with Crippen LogP contribution < -0.4 is 0 Å². The first-order chi connectivity index (χ1) is 8.93. The van der Waals surface area contributed by atoms with Crippen molar-refractivity contribution in [3.63, 3.8) is 0 Å². The largest absolute Gasteiger partial charge is 0.334 e. The van der Waals surface area contributed by atoms with E-state index in [-0.39, 0.29) is 23.5 Å². The smallest absolute Gasteiger partial charge is 0.272 e. The molecule has 1 saturated heterocycles. The molecule has 0 radical (unpaired) electrons. The summed E-state index contributed by atoms with van der Waals surface area (Å²) in [5.41, 5.74) is 0.318. The Hall–Kier alpha value is -1.50. The molecule has 19 heavy (non-hydrogen) atoms. The Bertz CT molecular complexity index is 586. The van der Waals surface area contributed by atoms with Gasteiger partial charge in [-0.2, -0.15) is 0 Å². The van der Waals surface area contributed by atoms with Crippen molar-refractivity contribution in [2.45, 2.75) is 26.3 Å². The van der Waals surface area contributed by atoms with Crippen molar-refractivity contribution < 1.29 is 13.2 Å². The second-order valence-electron chi connectivity index (χ2n) is 4.64. The molecule has 1 aliphatic heterocycles. The van der Waals surface area contributed by atoms with Crippen molar-refractivity contribution in [1.29, 1.82) is 0 Å². The van der Waals surface area contributed by atoms with Crippen molar-refractivity contribution >= 4 is 15.7 Å². The van der Waals surface area contributed by atoms with Gasteiger partial charge in [-0.25, -0.2) is 18.4 Å². The summed E-state index contributed by atoms with van der Waals surface area (Å²) in [6.45, 7) is 4.03. The maximum atomic E-state index is 12.4. The van der Waals surface area contributed by atoms with Crippen LogP contribution in [0.2, 0.25) is 0 Å². The van der Waals surface area contributed by atoms with Crippen molar-refractivity contribution in [3.05, 3.63) is 23.8 Å². The van der Waals surface area contributed by atoms with Crippen LogP contribution in [0.3, 0.4) is 0 Å². The van der Waals surface area contributed by atoms with Gasteiger partial charge in [0.15, 0.2) is 9.84 Å². The molecule has 1 amide bonds. The zero-order chi connectivity index (χ0) is 14.0. The molecule has 1 atom stereocenters. The van der Waals surface area contributed by atoms with Gasteiger partial charge in [0.1, 0.15) is 11.5 Å². The second-order valence-corrected chi connectivity index (χ2v) is 6.87. The van der Waals surface area contributed by atoms with Crippen LogP contribution in [0.1, 0.15) is 29.7 Å². The number of aryl methyl sites for hydroxylation is 1. The summed E-state index contributed by atoms with van der Waals surface area (Å²) in [6.07, 6.45) is 2.04. The molecule has 1 aromatic heterocycles. The summed E-state index contributed by atoms with van der Waals surface area (Å²) >= 11 is 0. The van der Waals surface area contributed by atoms with Gasteiger partial charge in [0, 0.05) is 18.8 Å². The summed E-state index contributed by atoms with van der Waals surface area (Å²) in [5, 5.41) is 0. The minimum absolute atomic E-state index is 0.0522. The highest BCUT2D eigenvalue weighted by Crippen LogP contribution is 2.19. The number of hydrogen-bond acceptors (Lipinski definition) is 5. The van der Waals surface area contributed by atoms with Crippen LogP contribution >= 0.6 is 0 Å². The van der Waals surface area contributed by atoms with Gasteiger partial charge >= 0.3 is 0 Å². The molecule has 0 spiro atoms. The highest BCUT2D eigenvalue weighted by molar-refractivity contribution is 7.91. The first kappa shape index (κ1) is 13.9. The van der Waals surface area contributed by atoms with Crippen LogP contribution in [0.4, 0.5) is 0 Å². The van der Waals surface area contributed by atoms with E-state index in [1.165, 1.54) is 6.20 Å². The third-order valence-electron chi connectivity index (χ3n) is 3.25. The minimum atomic E-state index is -3.00. The first-order valence-electron chi connectivity index (χ1n) is 6.24. The summed E-state index contributed by atoms with van der Waals surface area (Å²) in [6, 6.07) is 1.32. The number of hydrogen-bond donors (Lipinski definition) is 0. The van der Waals surface area contributed by atoms with Crippen LogP contribution in [0, 0.1) is 6.92 Å². The third-order valence-corrected chi connectivity index (χ3v) is 5.00. The van der Waals surface area contributed by atoms with Gasteiger partial charge in [-0.1, -0.05) is 0 Å². The molecule has 0 bridgehead atoms. The predicted octanol–water partition coefficient (Wildman–Crippen LogP) is 0.434. The highest BCUT2D eigenvalue weighted by atomic mass is 32.2. The number of carbonyl (C=O) groups is 1. The normalized spacial score (nSPS) is 21.3. The molecule has 2 rings (SSSR count). The van der Waals surface area contributed by atoms with Crippen LogP contribution in [0.25, 0.3) is 0 Å². The van der Waals surface area contributed by atoms with Crippen LogP contribution in [-0.4, -0.2) is 53.3 Å². The molecule has 2 heterocycles. The number of aromatic nitrogens is 2. The maximum Gasteiger partial charge on any atom is 0.272 e. The fourth-order valence-corrected chi connectivity index (χ4v) is 4.04. The molecule has 1 unspecified atom stereocenters.